The maximum absolute atomic E-state index is 9.57. The van der Waals surface area contributed by atoms with Crippen molar-refractivity contribution in [3.63, 3.8) is 0 Å². The molecule has 0 saturated heterocycles. The smallest absolute Gasteiger partial charge is 0.160 e. The van der Waals surface area contributed by atoms with Gasteiger partial charge < -0.3 is 4.74 Å². The van der Waals surface area contributed by atoms with Crippen molar-refractivity contribution in [1.29, 1.82) is 5.26 Å². The second-order valence-electron chi connectivity index (χ2n) is 14.8. The second kappa shape index (κ2) is 13.4. The van der Waals surface area contributed by atoms with Gasteiger partial charge in [-0.2, -0.15) is 5.26 Å². The zero-order valence-corrected chi connectivity index (χ0v) is 31.3. The van der Waals surface area contributed by atoms with Crippen molar-refractivity contribution < 1.29 is 4.74 Å². The van der Waals surface area contributed by atoms with E-state index in [2.05, 4.69) is 146 Å². The molecule has 11 rings (SSSR count). The number of hydrogen-bond donors (Lipinski definition) is 0. The lowest BCUT2D eigenvalue weighted by Gasteiger charge is -2.39. The third-order valence-corrected chi connectivity index (χ3v) is 11.6. The lowest BCUT2D eigenvalue weighted by atomic mass is 9.65. The molecule has 270 valence electrons. The molecule has 58 heavy (non-hydrogen) atoms. The normalized spacial score (nSPS) is 12.7. The van der Waals surface area contributed by atoms with Crippen molar-refractivity contribution in [2.24, 2.45) is 0 Å². The molecular weight excluding hydrogens is 707 g/mol. The number of aromatic nitrogens is 2. The molecule has 1 spiro atoms. The van der Waals surface area contributed by atoms with Gasteiger partial charge in [0, 0.05) is 27.8 Å². The van der Waals surface area contributed by atoms with E-state index in [1.165, 1.54) is 22.3 Å². The molecule has 2 aliphatic rings. The molecule has 0 bridgehead atoms. The van der Waals surface area contributed by atoms with Gasteiger partial charge in [-0.3, -0.25) is 0 Å². The third kappa shape index (κ3) is 5.22. The molecule has 2 heterocycles. The zero-order valence-electron chi connectivity index (χ0n) is 31.3. The van der Waals surface area contributed by atoms with Crippen LogP contribution < -0.4 is 4.74 Å². The number of fused-ring (bicyclic) bond motifs is 9. The van der Waals surface area contributed by atoms with Gasteiger partial charge in [0.1, 0.15) is 11.5 Å². The second-order valence-corrected chi connectivity index (χ2v) is 14.8. The highest BCUT2D eigenvalue weighted by atomic mass is 16.5. The molecule has 1 aliphatic carbocycles. The molecule has 0 saturated carbocycles. The Labute approximate surface area is 337 Å². The summed E-state index contributed by atoms with van der Waals surface area (Å²) in [4.78, 5) is 10.1. The predicted octanol–water partition coefficient (Wildman–Crippen LogP) is 13.2. The number of para-hydroxylation sites is 2. The van der Waals surface area contributed by atoms with Gasteiger partial charge in [-0.15, -0.1) is 0 Å². The van der Waals surface area contributed by atoms with E-state index in [9.17, 15) is 5.26 Å². The highest BCUT2D eigenvalue weighted by molar-refractivity contribution is 5.97. The Bertz CT molecular complexity index is 2970. The summed E-state index contributed by atoms with van der Waals surface area (Å²) in [5.74, 6) is 2.41. The fraction of sp³-hybridized carbons (Fsp3) is 0.0185. The molecule has 9 aromatic rings. The van der Waals surface area contributed by atoms with E-state index in [1.807, 2.05) is 60.7 Å². The number of benzene rings is 8. The van der Waals surface area contributed by atoms with Crippen LogP contribution in [0.15, 0.2) is 200 Å². The summed E-state index contributed by atoms with van der Waals surface area (Å²) >= 11 is 0. The monoisotopic (exact) mass is 739 g/mol. The zero-order chi connectivity index (χ0) is 38.6. The minimum Gasteiger partial charge on any atom is -0.457 e. The molecule has 4 nitrogen and oxygen atoms in total. The Kier molecular flexibility index (Phi) is 7.74. The third-order valence-electron chi connectivity index (χ3n) is 11.6. The average molecular weight is 740 g/mol. The van der Waals surface area contributed by atoms with Gasteiger partial charge in [0.15, 0.2) is 5.82 Å². The Morgan fingerprint density at radius 1 is 0.397 bits per heavy atom. The van der Waals surface area contributed by atoms with Crippen LogP contribution >= 0.6 is 0 Å². The summed E-state index contributed by atoms with van der Waals surface area (Å²) in [5.41, 5.74) is 16.3. The van der Waals surface area contributed by atoms with Gasteiger partial charge in [-0.05, 0) is 80.9 Å². The first-order chi connectivity index (χ1) is 28.7. The maximum atomic E-state index is 9.57. The molecule has 1 aliphatic heterocycles. The van der Waals surface area contributed by atoms with Crippen LogP contribution in [0.4, 0.5) is 0 Å². The summed E-state index contributed by atoms with van der Waals surface area (Å²) in [7, 11) is 0. The van der Waals surface area contributed by atoms with Crippen molar-refractivity contribution in [2.45, 2.75) is 5.41 Å². The summed E-state index contributed by atoms with van der Waals surface area (Å²) in [6.45, 7) is 0. The molecule has 1 aromatic heterocycles. The van der Waals surface area contributed by atoms with Gasteiger partial charge in [-0.25, -0.2) is 9.97 Å². The minimum absolute atomic E-state index is 0.628. The van der Waals surface area contributed by atoms with Crippen molar-refractivity contribution in [1.82, 2.24) is 9.97 Å². The molecule has 0 atom stereocenters. The topological polar surface area (TPSA) is 58.8 Å². The SMILES string of the molecule is N#Cc1ccc(-c2cccc3c2-c2ccc(-c4ccc(-c5cc(-c6ccccc6)nc(-c6ccccc6)n5)cc4)cc2C32c3ccccc3Oc3ccccc32)cc1. The van der Waals surface area contributed by atoms with Gasteiger partial charge >= 0.3 is 0 Å². The van der Waals surface area contributed by atoms with E-state index < -0.39 is 5.41 Å². The number of nitrogens with zero attached hydrogens (tertiary/aromatic N) is 3. The number of nitriles is 1. The Hall–Kier alpha value is -7.87. The van der Waals surface area contributed by atoms with Crippen LogP contribution in [0.5, 0.6) is 11.5 Å². The Morgan fingerprint density at radius 2 is 0.931 bits per heavy atom. The van der Waals surface area contributed by atoms with Crippen LogP contribution in [-0.4, -0.2) is 9.97 Å². The van der Waals surface area contributed by atoms with E-state index in [-0.39, 0.29) is 0 Å². The summed E-state index contributed by atoms with van der Waals surface area (Å²) < 4.78 is 6.64. The molecule has 0 fully saturated rings. The Morgan fingerprint density at radius 3 is 1.59 bits per heavy atom. The van der Waals surface area contributed by atoms with Crippen LogP contribution in [0, 0.1) is 11.3 Å². The van der Waals surface area contributed by atoms with E-state index in [1.54, 1.807) is 0 Å². The molecule has 0 unspecified atom stereocenters. The predicted molar refractivity (Wildman–Crippen MR) is 231 cm³/mol. The lowest BCUT2D eigenvalue weighted by Crippen LogP contribution is -2.32. The fourth-order valence-corrected chi connectivity index (χ4v) is 8.99. The molecule has 8 aromatic carbocycles. The number of rotatable bonds is 5. The van der Waals surface area contributed by atoms with Crippen LogP contribution in [0.25, 0.3) is 67.3 Å². The summed E-state index contributed by atoms with van der Waals surface area (Å²) in [6.07, 6.45) is 0. The molecule has 0 radical (unpaired) electrons. The molecular formula is C54H33N3O. The van der Waals surface area contributed by atoms with Crippen molar-refractivity contribution >= 4 is 0 Å². The van der Waals surface area contributed by atoms with E-state index in [0.29, 0.717) is 11.4 Å². The molecule has 0 N–H and O–H groups in total. The first kappa shape index (κ1) is 33.5. The quantitative estimate of drug-likeness (QED) is 0.176. The van der Waals surface area contributed by atoms with Gasteiger partial charge in [-0.1, -0.05) is 164 Å². The van der Waals surface area contributed by atoms with Crippen LogP contribution in [-0.2, 0) is 5.41 Å². The van der Waals surface area contributed by atoms with Crippen LogP contribution in [0.1, 0.15) is 27.8 Å². The fourth-order valence-electron chi connectivity index (χ4n) is 8.99. The summed E-state index contributed by atoms with van der Waals surface area (Å²) in [6, 6.07) is 72.0. The van der Waals surface area contributed by atoms with Gasteiger partial charge in [0.2, 0.25) is 0 Å². The largest absolute Gasteiger partial charge is 0.457 e. The first-order valence-electron chi connectivity index (χ1n) is 19.5. The molecule has 4 heteroatoms. The first-order valence-corrected chi connectivity index (χ1v) is 19.5. The minimum atomic E-state index is -0.628. The summed E-state index contributed by atoms with van der Waals surface area (Å²) in [5, 5.41) is 9.57. The number of ether oxygens (including phenoxy) is 1. The van der Waals surface area contributed by atoms with Crippen molar-refractivity contribution in [3.05, 3.63) is 228 Å². The van der Waals surface area contributed by atoms with E-state index in [0.717, 1.165) is 73.0 Å². The van der Waals surface area contributed by atoms with E-state index >= 15 is 0 Å². The van der Waals surface area contributed by atoms with Crippen molar-refractivity contribution in [3.8, 4) is 84.9 Å². The van der Waals surface area contributed by atoms with Gasteiger partial charge in [0.25, 0.3) is 0 Å². The average Bonchev–Trinajstić information content (AvgIpc) is 3.59. The van der Waals surface area contributed by atoms with Crippen LogP contribution in [0.3, 0.4) is 0 Å². The van der Waals surface area contributed by atoms with Gasteiger partial charge in [0.05, 0.1) is 28.4 Å². The maximum Gasteiger partial charge on any atom is 0.160 e. The van der Waals surface area contributed by atoms with Crippen molar-refractivity contribution in [2.75, 3.05) is 0 Å². The lowest BCUT2D eigenvalue weighted by molar-refractivity contribution is 0.436. The number of hydrogen-bond acceptors (Lipinski definition) is 4. The highest BCUT2D eigenvalue weighted by Gasteiger charge is 2.51. The Balaban J connectivity index is 1.08. The molecule has 0 amide bonds. The van der Waals surface area contributed by atoms with Crippen LogP contribution in [0.2, 0.25) is 0 Å². The highest BCUT2D eigenvalue weighted by Crippen LogP contribution is 2.63. The van der Waals surface area contributed by atoms with E-state index in [4.69, 9.17) is 14.7 Å². The standard InChI is InChI=1S/C54H33N3O/c55-34-35-22-24-37(25-23-35)42-16-11-19-46-52(42)43-31-30-41(32-47(43)54(46)44-17-7-9-20-50(44)58-51-21-10-8-18-45(51)54)36-26-28-39(29-27-36)49-33-48(38-12-3-1-4-13-38)56-53(57-49)40-14-5-2-6-15-40/h1-33H.